The third-order valence-corrected chi connectivity index (χ3v) is 3.79. The lowest BCUT2D eigenvalue weighted by molar-refractivity contribution is -0.397. The molecule has 0 amide bonds. The molecule has 1 aliphatic rings. The van der Waals surface area contributed by atoms with E-state index in [9.17, 15) is 23.3 Å². The van der Waals surface area contributed by atoms with Crippen molar-refractivity contribution in [3.63, 3.8) is 0 Å². The first kappa shape index (κ1) is 14.5. The molecule has 1 aliphatic heterocycles. The Hall–Kier alpha value is -2.43. The molecule has 2 aromatic rings. The number of nitro groups is 1. The Morgan fingerprint density at radius 1 is 1.23 bits per heavy atom. The second-order valence-electron chi connectivity index (χ2n) is 4.26. The van der Waals surface area contributed by atoms with Crippen molar-refractivity contribution in [2.24, 2.45) is 5.10 Å². The van der Waals surface area contributed by atoms with Gasteiger partial charge in [-0.05, 0) is 27.7 Å². The van der Waals surface area contributed by atoms with Crippen LogP contribution in [-0.2, 0) is 6.18 Å². The summed E-state index contributed by atoms with van der Waals surface area (Å²) in [6.45, 7) is 0. The highest BCUT2D eigenvalue weighted by Gasteiger charge is 2.31. The number of hydrogen-bond acceptors (Lipinski definition) is 6. The highest BCUT2D eigenvalue weighted by molar-refractivity contribution is 7.99. The Kier molecular flexibility index (Phi) is 3.35. The summed E-state index contributed by atoms with van der Waals surface area (Å²) in [7, 11) is 0. The van der Waals surface area contributed by atoms with Gasteiger partial charge in [-0.2, -0.15) is 13.2 Å². The van der Waals surface area contributed by atoms with Crippen molar-refractivity contribution in [2.75, 3.05) is 5.75 Å². The third kappa shape index (κ3) is 2.54. The van der Waals surface area contributed by atoms with Crippen molar-refractivity contribution in [3.05, 3.63) is 45.5 Å². The summed E-state index contributed by atoms with van der Waals surface area (Å²) >= 11 is 1.17. The molecule has 1 aromatic carbocycles. The maximum absolute atomic E-state index is 12.5. The molecule has 0 saturated heterocycles. The van der Waals surface area contributed by atoms with E-state index >= 15 is 0 Å². The summed E-state index contributed by atoms with van der Waals surface area (Å²) in [6.07, 6.45) is -4.41. The summed E-state index contributed by atoms with van der Waals surface area (Å²) in [4.78, 5) is 10.1. The lowest BCUT2D eigenvalue weighted by Gasteiger charge is -2.11. The number of fused-ring (bicyclic) bond motifs is 1. The normalized spacial score (nSPS) is 14.4. The molecule has 0 aliphatic carbocycles. The highest BCUT2D eigenvalue weighted by atomic mass is 32.2. The number of halogens is 3. The van der Waals surface area contributed by atoms with Crippen LogP contribution in [0.25, 0.3) is 0 Å². The zero-order chi connectivity index (χ0) is 15.9. The molecule has 0 bridgehead atoms. The summed E-state index contributed by atoms with van der Waals surface area (Å²) < 4.78 is 38.6. The van der Waals surface area contributed by atoms with Crippen LogP contribution in [0.1, 0.15) is 11.1 Å². The molecule has 2 heterocycles. The van der Waals surface area contributed by atoms with Gasteiger partial charge >= 0.3 is 12.1 Å². The molecule has 114 valence electrons. The predicted octanol–water partition coefficient (Wildman–Crippen LogP) is 2.56. The van der Waals surface area contributed by atoms with Gasteiger partial charge in [-0.1, -0.05) is 28.6 Å². The number of nitrogens with zero attached hydrogens (tertiary/aromatic N) is 5. The van der Waals surface area contributed by atoms with E-state index in [1.807, 2.05) is 0 Å². The van der Waals surface area contributed by atoms with Crippen LogP contribution in [0.4, 0.5) is 19.1 Å². The standard InChI is InChI=1S/C11H6F3N5O2S/c12-11(13,14)7-3-1-6(2-4-7)8-5-22-10-16-15-9(19(20)21)18(10)17-8/h1-4H,5H2. The molecule has 0 unspecified atom stereocenters. The molecule has 0 saturated carbocycles. The number of benzene rings is 1. The van der Waals surface area contributed by atoms with Crippen LogP contribution in [0.5, 0.6) is 0 Å². The molecule has 22 heavy (non-hydrogen) atoms. The van der Waals surface area contributed by atoms with Gasteiger partial charge in [-0.25, -0.2) is 0 Å². The van der Waals surface area contributed by atoms with Gasteiger partial charge in [0, 0.05) is 5.75 Å². The van der Waals surface area contributed by atoms with Gasteiger partial charge in [0.1, 0.15) is 0 Å². The second kappa shape index (κ2) is 5.09. The lowest BCUT2D eigenvalue weighted by atomic mass is 10.1. The quantitative estimate of drug-likeness (QED) is 0.624. The SMILES string of the molecule is O=[N+]([O-])c1nnc2n1N=C(c1ccc(C(F)(F)F)cc1)CS2. The van der Waals surface area contributed by atoms with Crippen molar-refractivity contribution >= 4 is 23.4 Å². The van der Waals surface area contributed by atoms with Gasteiger partial charge < -0.3 is 10.1 Å². The molecule has 0 fully saturated rings. The molecule has 3 rings (SSSR count). The minimum Gasteiger partial charge on any atom is -0.390 e. The fraction of sp³-hybridized carbons (Fsp3) is 0.182. The number of thioether (sulfide) groups is 1. The van der Waals surface area contributed by atoms with E-state index in [2.05, 4.69) is 15.3 Å². The maximum atomic E-state index is 12.5. The molecular weight excluding hydrogens is 323 g/mol. The minimum absolute atomic E-state index is 0.266. The first-order valence-corrected chi connectivity index (χ1v) is 6.83. The largest absolute Gasteiger partial charge is 0.483 e. The Labute approximate surface area is 125 Å². The average Bonchev–Trinajstić information content (AvgIpc) is 2.89. The summed E-state index contributed by atoms with van der Waals surface area (Å²) in [5.74, 6) is -0.201. The first-order valence-electron chi connectivity index (χ1n) is 5.84. The van der Waals surface area contributed by atoms with E-state index in [4.69, 9.17) is 0 Å². The van der Waals surface area contributed by atoms with Gasteiger partial charge in [0.2, 0.25) is 0 Å². The molecule has 0 N–H and O–H groups in total. The lowest BCUT2D eigenvalue weighted by Crippen LogP contribution is -2.14. The van der Waals surface area contributed by atoms with Crippen LogP contribution < -0.4 is 0 Å². The zero-order valence-electron chi connectivity index (χ0n) is 10.6. The molecule has 11 heteroatoms. The zero-order valence-corrected chi connectivity index (χ0v) is 11.4. The van der Waals surface area contributed by atoms with Crippen LogP contribution >= 0.6 is 11.8 Å². The average molecular weight is 329 g/mol. The monoisotopic (exact) mass is 329 g/mol. The third-order valence-electron chi connectivity index (χ3n) is 2.86. The minimum atomic E-state index is -4.41. The smallest absolute Gasteiger partial charge is 0.390 e. The van der Waals surface area contributed by atoms with E-state index < -0.39 is 22.6 Å². The summed E-state index contributed by atoms with van der Waals surface area (Å²) in [6, 6.07) is 4.45. The van der Waals surface area contributed by atoms with Gasteiger partial charge in [-0.3, -0.25) is 0 Å². The Morgan fingerprint density at radius 3 is 2.50 bits per heavy atom. The van der Waals surface area contributed by atoms with E-state index in [0.29, 0.717) is 17.0 Å². The molecule has 0 spiro atoms. The number of hydrogen-bond donors (Lipinski definition) is 0. The van der Waals surface area contributed by atoms with Crippen LogP contribution in [0.3, 0.4) is 0 Å². The van der Waals surface area contributed by atoms with Crippen LogP contribution in [0.15, 0.2) is 34.5 Å². The summed E-state index contributed by atoms with van der Waals surface area (Å²) in [5.41, 5.74) is 0.0968. The summed E-state index contributed by atoms with van der Waals surface area (Å²) in [5, 5.41) is 22.2. The van der Waals surface area contributed by atoms with E-state index in [-0.39, 0.29) is 5.16 Å². The molecule has 1 aromatic heterocycles. The van der Waals surface area contributed by atoms with Crippen molar-refractivity contribution in [1.29, 1.82) is 0 Å². The van der Waals surface area contributed by atoms with Gasteiger partial charge in [0.05, 0.1) is 16.4 Å². The fourth-order valence-corrected chi connectivity index (χ4v) is 2.66. The topological polar surface area (TPSA) is 86.2 Å². The van der Waals surface area contributed by atoms with Gasteiger partial charge in [0.15, 0.2) is 0 Å². The predicted molar refractivity (Wildman–Crippen MR) is 70.8 cm³/mol. The van der Waals surface area contributed by atoms with Crippen molar-refractivity contribution < 1.29 is 18.1 Å². The van der Waals surface area contributed by atoms with E-state index in [0.717, 1.165) is 16.8 Å². The Bertz CT molecular complexity index is 769. The van der Waals surface area contributed by atoms with Crippen LogP contribution in [-0.4, -0.2) is 31.3 Å². The highest BCUT2D eigenvalue weighted by Crippen LogP contribution is 2.30. The van der Waals surface area contributed by atoms with Crippen LogP contribution in [0.2, 0.25) is 0 Å². The molecule has 0 radical (unpaired) electrons. The van der Waals surface area contributed by atoms with E-state index in [1.165, 1.54) is 23.9 Å². The molecular formula is C11H6F3N5O2S. The van der Waals surface area contributed by atoms with Crippen molar-refractivity contribution in [1.82, 2.24) is 14.9 Å². The van der Waals surface area contributed by atoms with E-state index in [1.54, 1.807) is 0 Å². The van der Waals surface area contributed by atoms with Gasteiger partial charge in [-0.15, -0.1) is 5.10 Å². The van der Waals surface area contributed by atoms with Crippen LogP contribution in [0, 0.1) is 10.1 Å². The first-order chi connectivity index (χ1) is 10.4. The Balaban J connectivity index is 1.97. The fourth-order valence-electron chi connectivity index (χ4n) is 1.82. The number of aromatic nitrogens is 3. The van der Waals surface area contributed by atoms with Crippen molar-refractivity contribution in [3.8, 4) is 0 Å². The van der Waals surface area contributed by atoms with Crippen molar-refractivity contribution in [2.45, 2.75) is 11.3 Å². The number of rotatable bonds is 2. The maximum Gasteiger partial charge on any atom is 0.483 e. The van der Waals surface area contributed by atoms with Gasteiger partial charge in [0.25, 0.3) is 5.16 Å². The Morgan fingerprint density at radius 2 is 1.91 bits per heavy atom. The second-order valence-corrected chi connectivity index (χ2v) is 5.20. The molecule has 0 atom stereocenters. The molecule has 7 nitrogen and oxygen atoms in total. The number of alkyl halides is 3.